The first-order chi connectivity index (χ1) is 9.20. The first-order valence-electron chi connectivity index (χ1n) is 6.44. The van der Waals surface area contributed by atoms with Gasteiger partial charge in [0.25, 0.3) is 5.91 Å². The largest absolute Gasteiger partial charge is 0.395 e. The van der Waals surface area contributed by atoms with E-state index in [0.717, 1.165) is 25.7 Å². The summed E-state index contributed by atoms with van der Waals surface area (Å²) < 4.78 is 13.1. The van der Waals surface area contributed by atoms with Crippen LogP contribution < -0.4 is 0 Å². The van der Waals surface area contributed by atoms with Crippen molar-refractivity contribution < 1.29 is 14.3 Å². The molecule has 1 aliphatic rings. The second-order valence-corrected chi connectivity index (χ2v) is 4.60. The lowest BCUT2D eigenvalue weighted by Gasteiger charge is -2.21. The standard InChI is InChI=1S/C13H18FN3O2/c14-12-8-11(9-15-10-12)13(19)17-3-1-2-16(4-5-17)6-7-18/h8-10,18H,1-7H2. The van der Waals surface area contributed by atoms with Gasteiger partial charge in [0.2, 0.25) is 0 Å². The van der Waals surface area contributed by atoms with E-state index in [0.29, 0.717) is 19.6 Å². The molecule has 104 valence electrons. The molecular formula is C13H18FN3O2. The molecule has 2 heterocycles. The minimum atomic E-state index is -0.498. The lowest BCUT2D eigenvalue weighted by molar-refractivity contribution is 0.0759. The van der Waals surface area contributed by atoms with E-state index in [1.165, 1.54) is 12.3 Å². The molecule has 19 heavy (non-hydrogen) atoms. The van der Waals surface area contributed by atoms with E-state index in [1.54, 1.807) is 4.90 Å². The van der Waals surface area contributed by atoms with Crippen molar-refractivity contribution in [3.8, 4) is 0 Å². The molecular weight excluding hydrogens is 249 g/mol. The molecule has 1 aliphatic heterocycles. The lowest BCUT2D eigenvalue weighted by Crippen LogP contribution is -2.36. The third kappa shape index (κ3) is 3.71. The Morgan fingerprint density at radius 3 is 2.89 bits per heavy atom. The SMILES string of the molecule is O=C(c1cncc(F)c1)N1CCCN(CCO)CC1. The molecule has 1 saturated heterocycles. The third-order valence-electron chi connectivity index (χ3n) is 3.24. The summed E-state index contributed by atoms with van der Waals surface area (Å²) in [4.78, 5) is 19.8. The summed E-state index contributed by atoms with van der Waals surface area (Å²) in [5.74, 6) is -0.680. The molecule has 1 fully saturated rings. The molecule has 0 radical (unpaired) electrons. The summed E-state index contributed by atoms with van der Waals surface area (Å²) in [5.41, 5.74) is 0.288. The monoisotopic (exact) mass is 267 g/mol. The van der Waals surface area contributed by atoms with Crippen LogP contribution in [0.5, 0.6) is 0 Å². The van der Waals surface area contributed by atoms with Crippen LogP contribution in [0.3, 0.4) is 0 Å². The first-order valence-corrected chi connectivity index (χ1v) is 6.44. The average Bonchev–Trinajstić information content (AvgIpc) is 2.64. The molecule has 1 amide bonds. The minimum Gasteiger partial charge on any atom is -0.395 e. The maximum absolute atomic E-state index is 13.1. The maximum Gasteiger partial charge on any atom is 0.255 e. The van der Waals surface area contributed by atoms with Crippen molar-refractivity contribution in [2.75, 3.05) is 39.3 Å². The maximum atomic E-state index is 13.1. The number of hydrogen-bond donors (Lipinski definition) is 1. The minimum absolute atomic E-state index is 0.127. The summed E-state index contributed by atoms with van der Waals surface area (Å²) in [5, 5.41) is 8.92. The van der Waals surface area contributed by atoms with Crippen molar-refractivity contribution in [3.05, 3.63) is 29.8 Å². The second kappa shape index (κ2) is 6.58. The molecule has 0 bridgehead atoms. The Morgan fingerprint density at radius 2 is 2.16 bits per heavy atom. The molecule has 0 saturated carbocycles. The van der Waals surface area contributed by atoms with Crippen molar-refractivity contribution in [3.63, 3.8) is 0 Å². The molecule has 1 N–H and O–H groups in total. The zero-order valence-corrected chi connectivity index (χ0v) is 10.8. The van der Waals surface area contributed by atoms with Gasteiger partial charge in [-0.25, -0.2) is 4.39 Å². The molecule has 0 aromatic carbocycles. The van der Waals surface area contributed by atoms with Gasteiger partial charge in [-0.2, -0.15) is 0 Å². The topological polar surface area (TPSA) is 56.7 Å². The molecule has 0 aliphatic carbocycles. The van der Waals surface area contributed by atoms with E-state index < -0.39 is 5.82 Å². The third-order valence-corrected chi connectivity index (χ3v) is 3.24. The van der Waals surface area contributed by atoms with Gasteiger partial charge in [0, 0.05) is 32.4 Å². The van der Waals surface area contributed by atoms with E-state index in [4.69, 9.17) is 5.11 Å². The highest BCUT2D eigenvalue weighted by molar-refractivity contribution is 5.93. The van der Waals surface area contributed by atoms with Crippen LogP contribution in [0.4, 0.5) is 4.39 Å². The number of carbonyl (C=O) groups is 1. The van der Waals surface area contributed by atoms with Crippen molar-refractivity contribution in [2.45, 2.75) is 6.42 Å². The highest BCUT2D eigenvalue weighted by Crippen LogP contribution is 2.09. The van der Waals surface area contributed by atoms with Crippen LogP contribution >= 0.6 is 0 Å². The summed E-state index contributed by atoms with van der Waals surface area (Å²) in [7, 11) is 0. The summed E-state index contributed by atoms with van der Waals surface area (Å²) in [6.07, 6.45) is 3.33. The molecule has 0 unspecified atom stereocenters. The van der Waals surface area contributed by atoms with Gasteiger partial charge >= 0.3 is 0 Å². The van der Waals surface area contributed by atoms with Crippen LogP contribution in [0.25, 0.3) is 0 Å². The van der Waals surface area contributed by atoms with Gasteiger partial charge in [-0.05, 0) is 19.0 Å². The van der Waals surface area contributed by atoms with Crippen molar-refractivity contribution in [1.29, 1.82) is 0 Å². The van der Waals surface area contributed by atoms with Crippen molar-refractivity contribution in [1.82, 2.24) is 14.8 Å². The van der Waals surface area contributed by atoms with Crippen LogP contribution in [-0.4, -0.2) is 65.1 Å². The van der Waals surface area contributed by atoms with Gasteiger partial charge in [0.05, 0.1) is 18.4 Å². The molecule has 1 aromatic rings. The quantitative estimate of drug-likeness (QED) is 0.859. The fourth-order valence-electron chi connectivity index (χ4n) is 2.25. The number of aliphatic hydroxyl groups excluding tert-OH is 1. The Labute approximate surface area is 111 Å². The Kier molecular flexibility index (Phi) is 4.81. The van der Waals surface area contributed by atoms with Crippen molar-refractivity contribution >= 4 is 5.91 Å². The van der Waals surface area contributed by atoms with Gasteiger partial charge in [-0.3, -0.25) is 14.7 Å². The normalized spacial score (nSPS) is 17.3. The average molecular weight is 267 g/mol. The van der Waals surface area contributed by atoms with Gasteiger partial charge in [0.15, 0.2) is 0 Å². The highest BCUT2D eigenvalue weighted by atomic mass is 19.1. The fraction of sp³-hybridized carbons (Fsp3) is 0.538. The van der Waals surface area contributed by atoms with Crippen LogP contribution in [0.15, 0.2) is 18.5 Å². The fourth-order valence-corrected chi connectivity index (χ4v) is 2.25. The van der Waals surface area contributed by atoms with Gasteiger partial charge in [0.1, 0.15) is 5.82 Å². The zero-order chi connectivity index (χ0) is 13.7. The summed E-state index contributed by atoms with van der Waals surface area (Å²) in [6.45, 7) is 3.60. The predicted molar refractivity (Wildman–Crippen MR) is 68.2 cm³/mol. The van der Waals surface area contributed by atoms with E-state index in [-0.39, 0.29) is 18.1 Å². The Hall–Kier alpha value is -1.53. The number of aliphatic hydroxyl groups is 1. The Bertz CT molecular complexity index is 442. The highest BCUT2D eigenvalue weighted by Gasteiger charge is 2.20. The molecule has 2 rings (SSSR count). The van der Waals surface area contributed by atoms with E-state index in [9.17, 15) is 9.18 Å². The molecule has 0 spiro atoms. The zero-order valence-electron chi connectivity index (χ0n) is 10.8. The number of nitrogens with zero attached hydrogens (tertiary/aromatic N) is 3. The number of amides is 1. The van der Waals surface area contributed by atoms with E-state index in [2.05, 4.69) is 9.88 Å². The van der Waals surface area contributed by atoms with Crippen LogP contribution in [0, 0.1) is 5.82 Å². The second-order valence-electron chi connectivity index (χ2n) is 4.60. The Balaban J connectivity index is 2.00. The number of hydrogen-bond acceptors (Lipinski definition) is 4. The van der Waals surface area contributed by atoms with E-state index in [1.807, 2.05) is 0 Å². The van der Waals surface area contributed by atoms with Gasteiger partial charge < -0.3 is 10.0 Å². The van der Waals surface area contributed by atoms with E-state index >= 15 is 0 Å². The van der Waals surface area contributed by atoms with Gasteiger partial charge in [-0.1, -0.05) is 0 Å². The molecule has 0 atom stereocenters. The number of halogens is 1. The van der Waals surface area contributed by atoms with Gasteiger partial charge in [-0.15, -0.1) is 0 Å². The van der Waals surface area contributed by atoms with Crippen molar-refractivity contribution in [2.24, 2.45) is 0 Å². The molecule has 6 heteroatoms. The number of aromatic nitrogens is 1. The molecule has 1 aromatic heterocycles. The van der Waals surface area contributed by atoms with Crippen LogP contribution in [0.2, 0.25) is 0 Å². The smallest absolute Gasteiger partial charge is 0.255 e. The summed E-state index contributed by atoms with van der Waals surface area (Å²) in [6, 6.07) is 1.21. The number of pyridine rings is 1. The number of rotatable bonds is 3. The number of β-amino-alcohol motifs (C(OH)–C–C–N with tert-alkyl or cyclic N) is 1. The predicted octanol–water partition coefficient (Wildman–Crippen LogP) is 0.361. The van der Waals surface area contributed by atoms with Crippen LogP contribution in [0.1, 0.15) is 16.8 Å². The lowest BCUT2D eigenvalue weighted by atomic mass is 10.2. The number of carbonyl (C=O) groups excluding carboxylic acids is 1. The first kappa shape index (κ1) is 13.9. The Morgan fingerprint density at radius 1 is 1.32 bits per heavy atom. The molecule has 5 nitrogen and oxygen atoms in total. The van der Waals surface area contributed by atoms with Crippen LogP contribution in [-0.2, 0) is 0 Å². The summed E-state index contributed by atoms with van der Waals surface area (Å²) >= 11 is 0.